The zero-order chi connectivity index (χ0) is 28.6. The summed E-state index contributed by atoms with van der Waals surface area (Å²) in [6.07, 6.45) is -1.95. The Balaban J connectivity index is 2.63. The van der Waals surface area contributed by atoms with Gasteiger partial charge in [-0.15, -0.1) is 0 Å². The van der Waals surface area contributed by atoms with Crippen LogP contribution in [-0.2, 0) is 35.1 Å². The monoisotopic (exact) mass is 532 g/mol. The maximum absolute atomic E-state index is 13.6. The average molecular weight is 533 g/mol. The predicted molar refractivity (Wildman–Crippen MR) is 139 cm³/mol. The lowest BCUT2D eigenvalue weighted by Crippen LogP contribution is -2.43. The number of nitrogens with one attached hydrogen (secondary N) is 2. The van der Waals surface area contributed by atoms with Crippen molar-refractivity contribution in [1.29, 1.82) is 0 Å². The molecule has 0 radical (unpaired) electrons. The molecule has 12 heteroatoms. The number of esters is 3. The Morgan fingerprint density at radius 3 is 2.13 bits per heavy atom. The van der Waals surface area contributed by atoms with Crippen molar-refractivity contribution < 1.29 is 33.4 Å². The Morgan fingerprint density at radius 2 is 1.55 bits per heavy atom. The lowest BCUT2D eigenvalue weighted by Gasteiger charge is -2.30. The SMILES string of the molecule is CNCCNC(=O)c1nc2cc(C)c(C)cc2n(C[C@H](OC(C)=O)[C@H](C)[C@@H](COC(C)=O)OC(C)=O)c1=O. The highest BCUT2D eigenvalue weighted by molar-refractivity contribution is 5.94. The summed E-state index contributed by atoms with van der Waals surface area (Å²) in [6.45, 7) is 9.41. The van der Waals surface area contributed by atoms with Crippen molar-refractivity contribution >= 4 is 34.8 Å². The zero-order valence-corrected chi connectivity index (χ0v) is 22.9. The van der Waals surface area contributed by atoms with Gasteiger partial charge in [0.1, 0.15) is 18.8 Å². The van der Waals surface area contributed by atoms with Crippen LogP contribution in [0.25, 0.3) is 11.0 Å². The zero-order valence-electron chi connectivity index (χ0n) is 22.9. The van der Waals surface area contributed by atoms with Crippen LogP contribution in [0.2, 0.25) is 0 Å². The maximum Gasteiger partial charge on any atom is 0.303 e. The minimum absolute atomic E-state index is 0.171. The number of nitrogens with zero attached hydrogens (tertiary/aromatic N) is 2. The van der Waals surface area contributed by atoms with Crippen molar-refractivity contribution in [2.24, 2.45) is 5.92 Å². The Labute approximate surface area is 221 Å². The topological polar surface area (TPSA) is 155 Å². The van der Waals surface area contributed by atoms with E-state index in [1.165, 1.54) is 25.3 Å². The van der Waals surface area contributed by atoms with Crippen molar-refractivity contribution in [1.82, 2.24) is 20.2 Å². The highest BCUT2D eigenvalue weighted by atomic mass is 16.6. The second-order valence-corrected chi connectivity index (χ2v) is 9.12. The van der Waals surface area contributed by atoms with E-state index in [1.54, 1.807) is 26.1 Å². The van der Waals surface area contributed by atoms with Gasteiger partial charge in [0.25, 0.3) is 11.5 Å². The van der Waals surface area contributed by atoms with Gasteiger partial charge in [-0.2, -0.15) is 0 Å². The van der Waals surface area contributed by atoms with Gasteiger partial charge in [-0.1, -0.05) is 6.92 Å². The molecule has 1 aromatic heterocycles. The summed E-state index contributed by atoms with van der Waals surface area (Å²) in [5, 5.41) is 5.57. The van der Waals surface area contributed by atoms with Crippen LogP contribution in [0.1, 0.15) is 49.3 Å². The van der Waals surface area contributed by atoms with E-state index in [4.69, 9.17) is 14.2 Å². The van der Waals surface area contributed by atoms with Crippen LogP contribution in [0, 0.1) is 19.8 Å². The summed E-state index contributed by atoms with van der Waals surface area (Å²) in [5.74, 6) is -3.15. The molecule has 0 spiro atoms. The number of benzene rings is 1. The van der Waals surface area contributed by atoms with Crippen molar-refractivity contribution in [3.8, 4) is 0 Å². The number of aromatic nitrogens is 2. The van der Waals surface area contributed by atoms with E-state index in [9.17, 15) is 24.0 Å². The van der Waals surface area contributed by atoms with Crippen LogP contribution in [-0.4, -0.2) is 72.3 Å². The molecule has 1 amide bonds. The summed E-state index contributed by atoms with van der Waals surface area (Å²) < 4.78 is 17.3. The van der Waals surface area contributed by atoms with Gasteiger partial charge in [-0.25, -0.2) is 4.98 Å². The Hall–Kier alpha value is -3.80. The van der Waals surface area contributed by atoms with E-state index in [2.05, 4.69) is 15.6 Å². The van der Waals surface area contributed by atoms with Crippen molar-refractivity contribution in [2.45, 2.75) is 60.3 Å². The van der Waals surface area contributed by atoms with Crippen molar-refractivity contribution in [3.63, 3.8) is 0 Å². The fourth-order valence-electron chi connectivity index (χ4n) is 3.86. The van der Waals surface area contributed by atoms with Gasteiger partial charge in [0.15, 0.2) is 5.69 Å². The molecule has 208 valence electrons. The normalized spacial score (nSPS) is 13.3. The smallest absolute Gasteiger partial charge is 0.303 e. The molecule has 0 saturated carbocycles. The fourth-order valence-corrected chi connectivity index (χ4v) is 3.86. The molecule has 38 heavy (non-hydrogen) atoms. The molecule has 2 rings (SSSR count). The number of likely N-dealkylation sites (N-methyl/N-ethyl adjacent to an activating group) is 1. The van der Waals surface area contributed by atoms with E-state index in [0.717, 1.165) is 11.1 Å². The quantitative estimate of drug-likeness (QED) is 0.230. The lowest BCUT2D eigenvalue weighted by molar-refractivity contribution is -0.167. The van der Waals surface area contributed by atoms with Crippen LogP contribution >= 0.6 is 0 Å². The summed E-state index contributed by atoms with van der Waals surface area (Å²) in [4.78, 5) is 66.0. The minimum Gasteiger partial charge on any atom is -0.462 e. The summed E-state index contributed by atoms with van der Waals surface area (Å²) >= 11 is 0. The number of hydrogen-bond acceptors (Lipinski definition) is 10. The van der Waals surface area contributed by atoms with Gasteiger partial charge in [0.2, 0.25) is 0 Å². The number of aryl methyl sites for hydroxylation is 2. The number of ether oxygens (including phenoxy) is 3. The molecule has 0 fully saturated rings. The third-order valence-corrected chi connectivity index (χ3v) is 6.06. The lowest BCUT2D eigenvalue weighted by atomic mass is 9.97. The van der Waals surface area contributed by atoms with Gasteiger partial charge in [0.05, 0.1) is 17.6 Å². The molecule has 0 aliphatic heterocycles. The first kappa shape index (κ1) is 30.4. The molecule has 2 N–H and O–H groups in total. The molecule has 3 atom stereocenters. The molecule has 0 aliphatic rings. The van der Waals surface area contributed by atoms with Crippen LogP contribution < -0.4 is 16.2 Å². The Bertz CT molecular complexity index is 1260. The first-order chi connectivity index (χ1) is 17.8. The van der Waals surface area contributed by atoms with E-state index in [1.807, 2.05) is 13.8 Å². The highest BCUT2D eigenvalue weighted by Crippen LogP contribution is 2.22. The molecule has 0 unspecified atom stereocenters. The van der Waals surface area contributed by atoms with Crippen LogP contribution in [0.15, 0.2) is 16.9 Å². The summed E-state index contributed by atoms with van der Waals surface area (Å²) in [5.41, 5.74) is 1.69. The largest absolute Gasteiger partial charge is 0.462 e. The average Bonchev–Trinajstić information content (AvgIpc) is 2.83. The van der Waals surface area contributed by atoms with Crippen LogP contribution in [0.4, 0.5) is 0 Å². The molecule has 0 bridgehead atoms. The second-order valence-electron chi connectivity index (χ2n) is 9.12. The number of amides is 1. The number of rotatable bonds is 12. The second kappa shape index (κ2) is 13.7. The minimum atomic E-state index is -0.988. The first-order valence-electron chi connectivity index (χ1n) is 12.3. The third-order valence-electron chi connectivity index (χ3n) is 6.06. The van der Waals surface area contributed by atoms with E-state index >= 15 is 0 Å². The molecular weight excluding hydrogens is 496 g/mol. The molecular formula is C26H36N4O8. The fraction of sp³-hybridized carbons (Fsp3) is 0.538. The number of fused-ring (bicyclic) bond motifs is 1. The molecule has 1 heterocycles. The molecule has 1 aromatic carbocycles. The predicted octanol–water partition coefficient (Wildman–Crippen LogP) is 1.03. The summed E-state index contributed by atoms with van der Waals surface area (Å²) in [7, 11) is 1.74. The standard InChI is InChI=1S/C26H36N4O8/c1-14-10-20-21(11-15(14)2)30(26(35)24(29-20)25(34)28-9-8-27-7)12-22(37-18(5)32)16(3)23(38-19(6)33)13-36-17(4)31/h10-11,16,22-23,27H,8-9,12-13H2,1-7H3,(H,28,34)/t16-,22-,23+/m0/s1. The van der Waals surface area contributed by atoms with Gasteiger partial charge in [-0.3, -0.25) is 24.0 Å². The molecule has 12 nitrogen and oxygen atoms in total. The molecule has 0 saturated heterocycles. The van der Waals surface area contributed by atoms with Gasteiger partial charge < -0.3 is 29.4 Å². The molecule has 2 aromatic rings. The van der Waals surface area contributed by atoms with Gasteiger partial charge in [0, 0.05) is 39.8 Å². The third kappa shape index (κ3) is 8.10. The Kier molecular flexibility index (Phi) is 10.9. The van der Waals surface area contributed by atoms with Gasteiger partial charge in [-0.05, 0) is 44.2 Å². The van der Waals surface area contributed by atoms with Crippen LogP contribution in [0.3, 0.4) is 0 Å². The van der Waals surface area contributed by atoms with Crippen molar-refractivity contribution in [2.75, 3.05) is 26.7 Å². The van der Waals surface area contributed by atoms with Crippen LogP contribution in [0.5, 0.6) is 0 Å². The molecule has 0 aliphatic carbocycles. The van der Waals surface area contributed by atoms with E-state index in [0.29, 0.717) is 17.6 Å². The highest BCUT2D eigenvalue weighted by Gasteiger charge is 2.33. The van der Waals surface area contributed by atoms with E-state index < -0.39 is 47.5 Å². The number of carbonyl (C=O) groups excluding carboxylic acids is 4. The van der Waals surface area contributed by atoms with Gasteiger partial charge >= 0.3 is 17.9 Å². The summed E-state index contributed by atoms with van der Waals surface area (Å²) in [6, 6.07) is 3.55. The first-order valence-corrected chi connectivity index (χ1v) is 12.3. The number of carbonyl (C=O) groups is 4. The maximum atomic E-state index is 13.6. The van der Waals surface area contributed by atoms with Crippen molar-refractivity contribution in [3.05, 3.63) is 39.3 Å². The van der Waals surface area contributed by atoms with E-state index in [-0.39, 0.29) is 25.4 Å². The number of hydrogen-bond donors (Lipinski definition) is 2. The Morgan fingerprint density at radius 1 is 0.947 bits per heavy atom.